The van der Waals surface area contributed by atoms with E-state index in [0.717, 1.165) is 11.7 Å². The van der Waals surface area contributed by atoms with Gasteiger partial charge in [0, 0.05) is 37.7 Å². The van der Waals surface area contributed by atoms with Gasteiger partial charge in [-0.3, -0.25) is 28.0 Å². The topological polar surface area (TPSA) is 258 Å². The van der Waals surface area contributed by atoms with Crippen molar-refractivity contribution in [1.82, 2.24) is 34.1 Å². The van der Waals surface area contributed by atoms with Crippen LogP contribution in [0.4, 0.5) is 5.82 Å². The number of aryl methyl sites for hydroxylation is 2. The molecule has 0 spiro atoms. The Morgan fingerprint density at radius 2 is 1.69 bits per heavy atom. The molecule has 49 heavy (non-hydrogen) atoms. The number of hydrogen-bond acceptors (Lipinski definition) is 16. The zero-order chi connectivity index (χ0) is 34.9. The number of aromatic nitrogens is 7. The van der Waals surface area contributed by atoms with Crippen molar-refractivity contribution in [1.29, 1.82) is 0 Å². The molecule has 4 saturated heterocycles. The lowest BCUT2D eigenvalue weighted by atomic mass is 9.99. The SMILES string of the molecule is COC[C@]12CO[C@@H](C1OCc1cn(C[C@]34CO[C@@H](C3OP(=O)(O)OC)[C@H](n3cc(C)c(=O)[nH]c3=O)O4)nn1)[C@H](n1cc(C)c(N)nc1=O)O2. The number of methoxy groups -OCH3 is 1. The normalized spacial score (nSPS) is 33.0. The maximum atomic E-state index is 12.7. The summed E-state index contributed by atoms with van der Waals surface area (Å²) in [5.41, 5.74) is 2.65. The Hall–Kier alpha value is -3.63. The van der Waals surface area contributed by atoms with E-state index < -0.39 is 72.8 Å². The highest BCUT2D eigenvalue weighted by molar-refractivity contribution is 7.47. The van der Waals surface area contributed by atoms with Gasteiger partial charge in [0.1, 0.15) is 47.1 Å². The zero-order valence-corrected chi connectivity index (χ0v) is 27.7. The molecular formula is C27H35N8O13P. The molecule has 4 aliphatic heterocycles. The van der Waals surface area contributed by atoms with E-state index in [-0.39, 0.29) is 44.4 Å². The molecule has 4 N–H and O–H groups in total. The molecule has 3 aromatic rings. The first kappa shape index (κ1) is 33.8. The Kier molecular flexibility index (Phi) is 8.50. The molecule has 4 bridgehead atoms. The van der Waals surface area contributed by atoms with Crippen LogP contribution in [0.2, 0.25) is 0 Å². The molecule has 9 atom stereocenters. The number of nitrogens with two attached hydrogens (primary N) is 1. The van der Waals surface area contributed by atoms with Crippen molar-refractivity contribution in [2.75, 3.05) is 39.8 Å². The van der Waals surface area contributed by atoms with E-state index in [9.17, 15) is 23.8 Å². The van der Waals surface area contributed by atoms with E-state index >= 15 is 0 Å². The second-order valence-corrected chi connectivity index (χ2v) is 13.9. The number of anilines is 1. The van der Waals surface area contributed by atoms with Gasteiger partial charge in [-0.15, -0.1) is 5.10 Å². The van der Waals surface area contributed by atoms with Gasteiger partial charge in [-0.2, -0.15) is 4.98 Å². The van der Waals surface area contributed by atoms with Crippen molar-refractivity contribution in [2.45, 2.75) is 75.1 Å². The van der Waals surface area contributed by atoms with Crippen LogP contribution in [0.5, 0.6) is 0 Å². The number of nitrogens with one attached hydrogen (secondary N) is 1. The lowest BCUT2D eigenvalue weighted by Crippen LogP contribution is -2.46. The highest BCUT2D eigenvalue weighted by atomic mass is 31.2. The van der Waals surface area contributed by atoms with Crippen LogP contribution in [0.15, 0.2) is 33.0 Å². The lowest BCUT2D eigenvalue weighted by molar-refractivity contribution is -0.192. The molecular weight excluding hydrogens is 675 g/mol. The van der Waals surface area contributed by atoms with Crippen molar-refractivity contribution in [3.05, 3.63) is 66.7 Å². The number of phosphoric ester groups is 1. The van der Waals surface area contributed by atoms with Crippen LogP contribution < -0.4 is 22.7 Å². The number of hydrogen-bond donors (Lipinski definition) is 3. The van der Waals surface area contributed by atoms with Crippen LogP contribution in [0, 0.1) is 13.8 Å². The molecule has 0 aliphatic carbocycles. The van der Waals surface area contributed by atoms with Gasteiger partial charge in [0.05, 0.1) is 39.2 Å². The summed E-state index contributed by atoms with van der Waals surface area (Å²) in [5.74, 6) is 0.118. The van der Waals surface area contributed by atoms with Crippen LogP contribution in [0.3, 0.4) is 0 Å². The molecule has 7 rings (SSSR count). The maximum Gasteiger partial charge on any atom is 0.472 e. The zero-order valence-electron chi connectivity index (χ0n) is 26.8. The first-order valence-corrected chi connectivity index (χ1v) is 16.6. The molecule has 0 radical (unpaired) electrons. The van der Waals surface area contributed by atoms with Crippen LogP contribution in [-0.2, 0) is 55.2 Å². The number of ether oxygens (including phenoxy) is 6. The van der Waals surface area contributed by atoms with Crippen LogP contribution in [0.25, 0.3) is 0 Å². The van der Waals surface area contributed by atoms with E-state index in [0.29, 0.717) is 11.3 Å². The number of nitrogen functional groups attached to an aromatic ring is 1. The fraction of sp³-hybridized carbons (Fsp3) is 0.630. The fourth-order valence-corrected chi connectivity index (χ4v) is 7.44. The Morgan fingerprint density at radius 1 is 1.02 bits per heavy atom. The Balaban J connectivity index is 1.11. The summed E-state index contributed by atoms with van der Waals surface area (Å²) in [6.45, 7) is 3.29. The summed E-state index contributed by atoms with van der Waals surface area (Å²) in [7, 11) is -2.03. The van der Waals surface area contributed by atoms with E-state index in [1.54, 1.807) is 19.3 Å². The van der Waals surface area contributed by atoms with Gasteiger partial charge >= 0.3 is 19.2 Å². The van der Waals surface area contributed by atoms with Crippen molar-refractivity contribution >= 4 is 13.6 Å². The number of fused-ring (bicyclic) bond motifs is 4. The highest BCUT2D eigenvalue weighted by Gasteiger charge is 2.66. The minimum atomic E-state index is -4.56. The van der Waals surface area contributed by atoms with Crippen molar-refractivity contribution in [3.8, 4) is 0 Å². The van der Waals surface area contributed by atoms with Gasteiger partial charge in [0.2, 0.25) is 0 Å². The molecule has 4 aliphatic rings. The molecule has 21 nitrogen and oxygen atoms in total. The van der Waals surface area contributed by atoms with E-state index in [1.165, 1.54) is 29.5 Å². The monoisotopic (exact) mass is 710 g/mol. The minimum absolute atomic E-state index is 0.0446. The number of aromatic amines is 1. The molecule has 3 aromatic heterocycles. The highest BCUT2D eigenvalue weighted by Crippen LogP contribution is 2.54. The minimum Gasteiger partial charge on any atom is -0.383 e. The summed E-state index contributed by atoms with van der Waals surface area (Å²) < 4.78 is 62.9. The molecule has 0 saturated carbocycles. The third-order valence-electron chi connectivity index (χ3n) is 9.11. The summed E-state index contributed by atoms with van der Waals surface area (Å²) in [4.78, 5) is 53.7. The summed E-state index contributed by atoms with van der Waals surface area (Å²) in [6, 6.07) is 0. The number of phosphoric acid groups is 1. The summed E-state index contributed by atoms with van der Waals surface area (Å²) in [6.07, 6.45) is -1.10. The van der Waals surface area contributed by atoms with Crippen LogP contribution >= 0.6 is 7.82 Å². The number of rotatable bonds is 12. The molecule has 0 aromatic carbocycles. The molecule has 7 heterocycles. The number of nitrogens with zero attached hydrogens (tertiary/aromatic N) is 6. The molecule has 3 unspecified atom stereocenters. The van der Waals surface area contributed by atoms with Crippen LogP contribution in [-0.4, -0.2) is 109 Å². The first-order valence-electron chi connectivity index (χ1n) is 15.1. The predicted octanol–water partition coefficient (Wildman–Crippen LogP) is -1.72. The van der Waals surface area contributed by atoms with Gasteiger partial charge in [-0.25, -0.2) is 18.8 Å². The smallest absolute Gasteiger partial charge is 0.383 e. The Morgan fingerprint density at radius 3 is 2.43 bits per heavy atom. The van der Waals surface area contributed by atoms with Gasteiger partial charge < -0.3 is 39.0 Å². The maximum absolute atomic E-state index is 12.7. The number of H-pyrrole nitrogens is 1. The van der Waals surface area contributed by atoms with E-state index in [1.807, 2.05) is 0 Å². The van der Waals surface area contributed by atoms with Crippen LogP contribution in [0.1, 0.15) is 29.3 Å². The Labute approximate surface area is 276 Å². The third kappa shape index (κ3) is 5.78. The van der Waals surface area contributed by atoms with Gasteiger partial charge in [-0.05, 0) is 13.8 Å². The molecule has 4 fully saturated rings. The first-order chi connectivity index (χ1) is 23.3. The summed E-state index contributed by atoms with van der Waals surface area (Å²) in [5, 5.41) is 8.41. The van der Waals surface area contributed by atoms with Crippen molar-refractivity contribution < 1.29 is 46.9 Å². The van der Waals surface area contributed by atoms with Gasteiger partial charge in [-0.1, -0.05) is 5.21 Å². The van der Waals surface area contributed by atoms with E-state index in [4.69, 9.17) is 38.7 Å². The third-order valence-corrected chi connectivity index (χ3v) is 10.1. The van der Waals surface area contributed by atoms with Crippen molar-refractivity contribution in [2.24, 2.45) is 0 Å². The van der Waals surface area contributed by atoms with Crippen molar-refractivity contribution in [3.63, 3.8) is 0 Å². The quantitative estimate of drug-likeness (QED) is 0.177. The summed E-state index contributed by atoms with van der Waals surface area (Å²) >= 11 is 0. The average molecular weight is 711 g/mol. The predicted molar refractivity (Wildman–Crippen MR) is 161 cm³/mol. The largest absolute Gasteiger partial charge is 0.472 e. The second-order valence-electron chi connectivity index (χ2n) is 12.4. The average Bonchev–Trinajstić information content (AvgIpc) is 3.85. The van der Waals surface area contributed by atoms with Gasteiger partial charge in [0.25, 0.3) is 5.56 Å². The Bertz CT molecular complexity index is 1980. The lowest BCUT2D eigenvalue weighted by Gasteiger charge is -2.31. The fourth-order valence-electron chi connectivity index (χ4n) is 6.76. The molecule has 0 amide bonds. The molecule has 266 valence electrons. The van der Waals surface area contributed by atoms with E-state index in [2.05, 4.69) is 24.8 Å². The molecule has 22 heteroatoms. The standard InChI is InChI=1S/C27H35N8O13P/c1-13-5-34(24(37)29-20(13)28)22-16-18(27(47-22,10-41-3)12-45-16)43-8-15-7-33(32-31-15)9-26-11-44-17(19(26)48-49(39,40)42-4)23(46-26)35-6-14(2)21(36)30-25(35)38/h5-7,16-19,22-23H,8-12H2,1-4H3,(H,39,40)(H2,28,29,37)(H,30,36,38)/t16-,17-,18?,19?,22+,23+,26-,27-/m0/s1. The second kappa shape index (κ2) is 12.3. The van der Waals surface area contributed by atoms with Gasteiger partial charge in [0.15, 0.2) is 12.5 Å².